The number of amides is 2. The van der Waals surface area contributed by atoms with Gasteiger partial charge in [-0.25, -0.2) is 14.8 Å². The molecule has 1 saturated heterocycles. The molecular formula is C25H31N9OS2. The van der Waals surface area contributed by atoms with Crippen molar-refractivity contribution in [3.05, 3.63) is 42.1 Å². The summed E-state index contributed by atoms with van der Waals surface area (Å²) in [5.41, 5.74) is 15.6. The lowest BCUT2D eigenvalue weighted by atomic mass is 10.1. The van der Waals surface area contributed by atoms with Crippen LogP contribution in [-0.2, 0) is 6.42 Å². The molecule has 0 bridgehead atoms. The number of nitrogen functional groups attached to an aromatic ring is 1. The number of thiazole rings is 1. The van der Waals surface area contributed by atoms with E-state index < -0.39 is 6.03 Å². The molecule has 1 aliphatic rings. The maximum Gasteiger partial charge on any atom is 0.314 e. The second-order valence-electron chi connectivity index (χ2n) is 9.10. The summed E-state index contributed by atoms with van der Waals surface area (Å²) in [5, 5.41) is 7.26. The smallest absolute Gasteiger partial charge is 0.314 e. The molecule has 4 N–H and O–H groups in total. The fourth-order valence-corrected chi connectivity index (χ4v) is 6.40. The first-order valence-corrected chi connectivity index (χ1v) is 13.8. The van der Waals surface area contributed by atoms with Crippen LogP contribution >= 0.6 is 22.7 Å². The molecule has 5 rings (SSSR count). The van der Waals surface area contributed by atoms with Crippen molar-refractivity contribution in [2.45, 2.75) is 32.2 Å². The number of anilines is 4. The number of nitrogens with two attached hydrogens (primary N) is 2. The molecule has 0 radical (unpaired) electrons. The molecule has 0 saturated carbocycles. The highest BCUT2D eigenvalue weighted by Crippen LogP contribution is 2.40. The maximum atomic E-state index is 11.7. The Balaban J connectivity index is 1.46. The predicted octanol–water partition coefficient (Wildman–Crippen LogP) is 4.45. The highest BCUT2D eigenvalue weighted by Gasteiger charge is 2.29. The zero-order valence-corrected chi connectivity index (χ0v) is 22.8. The lowest BCUT2D eigenvalue weighted by Gasteiger charge is -2.36. The minimum absolute atomic E-state index is 0.0630. The molecule has 37 heavy (non-hydrogen) atoms. The van der Waals surface area contributed by atoms with Gasteiger partial charge in [-0.05, 0) is 24.8 Å². The maximum absolute atomic E-state index is 11.7. The SMILES string of the molecule is C=Cc1ccc(-c2nc(N(C)c3c(CC)nc4sc(N5CCCC(N(C)C(N)=O)C5)nn34)sc2N)cc1. The zero-order valence-electron chi connectivity index (χ0n) is 21.2. The summed E-state index contributed by atoms with van der Waals surface area (Å²) in [6.45, 7) is 7.47. The Kier molecular flexibility index (Phi) is 6.78. The second kappa shape index (κ2) is 10.0. The largest absolute Gasteiger partial charge is 0.389 e. The van der Waals surface area contributed by atoms with Gasteiger partial charge < -0.3 is 26.2 Å². The molecular weight excluding hydrogens is 506 g/mol. The van der Waals surface area contributed by atoms with E-state index >= 15 is 0 Å². The van der Waals surface area contributed by atoms with Gasteiger partial charge in [-0.15, -0.1) is 5.10 Å². The number of carbonyl (C=O) groups is 1. The molecule has 1 atom stereocenters. The molecule has 2 amide bonds. The Bertz CT molecular complexity index is 1440. The molecule has 12 heteroatoms. The number of fused-ring (bicyclic) bond motifs is 1. The summed E-state index contributed by atoms with van der Waals surface area (Å²) in [6, 6.07) is 7.68. The Morgan fingerprint density at radius 2 is 2.00 bits per heavy atom. The number of imidazole rings is 1. The molecule has 4 heterocycles. The van der Waals surface area contributed by atoms with Gasteiger partial charge in [0.05, 0.1) is 11.7 Å². The third-order valence-corrected chi connectivity index (χ3v) is 8.73. The van der Waals surface area contributed by atoms with Gasteiger partial charge in [0.1, 0.15) is 10.7 Å². The number of aryl methyl sites for hydroxylation is 1. The molecule has 4 aromatic rings. The van der Waals surface area contributed by atoms with Crippen LogP contribution in [0.4, 0.5) is 25.9 Å². The summed E-state index contributed by atoms with van der Waals surface area (Å²) in [6.07, 6.45) is 4.46. The number of urea groups is 1. The standard InChI is InChI=1S/C25H31N9OS2/c1-5-15-9-11-16(12-10-15)19-20(26)36-23(29-19)32(4)21-18(6-2)28-24-34(21)30-25(37-24)33-13-7-8-17(14-33)31(3)22(27)35/h5,9-12,17H,1,6-8,13-14,26H2,2-4H3,(H2,27,35). The Morgan fingerprint density at radius 1 is 1.24 bits per heavy atom. The van der Waals surface area contributed by atoms with Crippen LogP contribution in [0.15, 0.2) is 30.8 Å². The van der Waals surface area contributed by atoms with E-state index in [2.05, 4.69) is 18.4 Å². The fraction of sp³-hybridized carbons (Fsp3) is 0.360. The van der Waals surface area contributed by atoms with E-state index in [0.29, 0.717) is 11.5 Å². The summed E-state index contributed by atoms with van der Waals surface area (Å²) in [7, 11) is 3.73. The van der Waals surface area contributed by atoms with E-state index in [9.17, 15) is 4.79 Å². The van der Waals surface area contributed by atoms with Crippen molar-refractivity contribution >= 4 is 60.8 Å². The van der Waals surface area contributed by atoms with Crippen LogP contribution in [0.2, 0.25) is 0 Å². The van der Waals surface area contributed by atoms with Crippen LogP contribution in [0.25, 0.3) is 22.3 Å². The number of carbonyl (C=O) groups excluding carboxylic acids is 1. The second-order valence-corrected chi connectivity index (χ2v) is 11.0. The number of benzene rings is 1. The van der Waals surface area contributed by atoms with Gasteiger partial charge in [0, 0.05) is 32.7 Å². The number of hydrogen-bond acceptors (Lipinski definition) is 9. The molecule has 10 nitrogen and oxygen atoms in total. The normalized spacial score (nSPS) is 15.8. The first-order valence-electron chi connectivity index (χ1n) is 12.2. The summed E-state index contributed by atoms with van der Waals surface area (Å²) < 4.78 is 1.90. The molecule has 3 aromatic heterocycles. The molecule has 194 valence electrons. The van der Waals surface area contributed by atoms with Crippen molar-refractivity contribution in [3.63, 3.8) is 0 Å². The third kappa shape index (κ3) is 4.62. The number of hydrogen-bond donors (Lipinski definition) is 2. The van der Waals surface area contributed by atoms with Crippen molar-refractivity contribution in [1.29, 1.82) is 0 Å². The van der Waals surface area contributed by atoms with Crippen molar-refractivity contribution < 1.29 is 4.79 Å². The molecule has 1 unspecified atom stereocenters. The Morgan fingerprint density at radius 3 is 2.68 bits per heavy atom. The lowest BCUT2D eigenvalue weighted by molar-refractivity contribution is 0.192. The van der Waals surface area contributed by atoms with E-state index in [1.54, 1.807) is 23.3 Å². The van der Waals surface area contributed by atoms with E-state index in [-0.39, 0.29) is 6.04 Å². The topological polar surface area (TPSA) is 122 Å². The number of rotatable bonds is 7. The van der Waals surface area contributed by atoms with Gasteiger partial charge in [-0.3, -0.25) is 0 Å². The van der Waals surface area contributed by atoms with Crippen LogP contribution in [0.3, 0.4) is 0 Å². The average molecular weight is 538 g/mol. The third-order valence-electron chi connectivity index (χ3n) is 6.80. The highest BCUT2D eigenvalue weighted by atomic mass is 32.1. The minimum atomic E-state index is -0.406. The van der Waals surface area contributed by atoms with Crippen LogP contribution in [0.1, 0.15) is 31.0 Å². The molecule has 1 aliphatic heterocycles. The van der Waals surface area contributed by atoms with E-state index in [0.717, 1.165) is 69.4 Å². The summed E-state index contributed by atoms with van der Waals surface area (Å²) in [4.78, 5) is 28.1. The Labute approximate surface area is 223 Å². The van der Waals surface area contributed by atoms with Crippen molar-refractivity contribution in [2.75, 3.05) is 42.7 Å². The first-order chi connectivity index (χ1) is 17.8. The molecule has 0 spiro atoms. The van der Waals surface area contributed by atoms with Gasteiger partial charge in [-0.1, -0.05) is 66.5 Å². The van der Waals surface area contributed by atoms with Crippen LogP contribution in [-0.4, -0.2) is 63.7 Å². The number of likely N-dealkylation sites (N-methyl/N-ethyl adjacent to an activating group) is 1. The summed E-state index contributed by atoms with van der Waals surface area (Å²) >= 11 is 2.99. The highest BCUT2D eigenvalue weighted by molar-refractivity contribution is 7.20. The molecule has 1 fully saturated rings. The predicted molar refractivity (Wildman–Crippen MR) is 153 cm³/mol. The molecule has 1 aromatic carbocycles. The van der Waals surface area contributed by atoms with Gasteiger partial charge in [0.25, 0.3) is 0 Å². The lowest BCUT2D eigenvalue weighted by Crippen LogP contribution is -2.50. The van der Waals surface area contributed by atoms with Crippen molar-refractivity contribution in [3.8, 4) is 11.3 Å². The van der Waals surface area contributed by atoms with Gasteiger partial charge >= 0.3 is 6.03 Å². The van der Waals surface area contributed by atoms with E-state index in [1.165, 1.54) is 11.3 Å². The summed E-state index contributed by atoms with van der Waals surface area (Å²) in [5.74, 6) is 0.880. The van der Waals surface area contributed by atoms with E-state index in [1.807, 2.05) is 46.8 Å². The monoisotopic (exact) mass is 537 g/mol. The first kappa shape index (κ1) is 25.0. The Hall–Kier alpha value is -3.64. The average Bonchev–Trinajstić information content (AvgIpc) is 3.60. The zero-order chi connectivity index (χ0) is 26.3. The number of piperidine rings is 1. The van der Waals surface area contributed by atoms with Gasteiger partial charge in [0.15, 0.2) is 10.9 Å². The van der Waals surface area contributed by atoms with Crippen molar-refractivity contribution in [2.24, 2.45) is 5.73 Å². The van der Waals surface area contributed by atoms with E-state index in [4.69, 9.17) is 26.5 Å². The van der Waals surface area contributed by atoms with Gasteiger partial charge in [0.2, 0.25) is 10.1 Å². The van der Waals surface area contributed by atoms with Crippen molar-refractivity contribution in [1.82, 2.24) is 24.5 Å². The van der Waals surface area contributed by atoms with Crippen LogP contribution in [0.5, 0.6) is 0 Å². The fourth-order valence-electron chi connectivity index (χ4n) is 4.63. The quantitative estimate of drug-likeness (QED) is 0.357. The molecule has 0 aliphatic carbocycles. The van der Waals surface area contributed by atoms with Crippen LogP contribution < -0.4 is 21.3 Å². The number of primary amides is 1. The number of nitrogens with zero attached hydrogens (tertiary/aromatic N) is 7. The number of aromatic nitrogens is 4. The minimum Gasteiger partial charge on any atom is -0.389 e. The van der Waals surface area contributed by atoms with Crippen LogP contribution in [0, 0.1) is 0 Å². The van der Waals surface area contributed by atoms with Gasteiger partial charge in [-0.2, -0.15) is 4.52 Å².